The number of nitrogens with one attached hydrogen (secondary N) is 1. The molecule has 1 aliphatic carbocycles. The number of aromatic nitrogens is 2. The van der Waals surface area contributed by atoms with Crippen molar-refractivity contribution in [3.05, 3.63) is 52.7 Å². The Hall–Kier alpha value is -2.91. The number of halogens is 1. The quantitative estimate of drug-likeness (QED) is 0.679. The van der Waals surface area contributed by atoms with Gasteiger partial charge >= 0.3 is 0 Å². The van der Waals surface area contributed by atoms with Gasteiger partial charge < -0.3 is 20.4 Å². The van der Waals surface area contributed by atoms with E-state index in [0.29, 0.717) is 29.9 Å². The summed E-state index contributed by atoms with van der Waals surface area (Å²) in [6.07, 6.45) is 0.767. The summed E-state index contributed by atoms with van der Waals surface area (Å²) in [7, 11) is 1.64. The van der Waals surface area contributed by atoms with E-state index in [2.05, 4.69) is 20.3 Å². The Labute approximate surface area is 173 Å². The molecular weight excluding hydrogens is 389 g/mol. The lowest BCUT2D eigenvalue weighted by molar-refractivity contribution is -0.123. The topological polar surface area (TPSA) is 111 Å². The van der Waals surface area contributed by atoms with Crippen LogP contribution in [0.2, 0.25) is 0 Å². The molecule has 1 aromatic carbocycles. The summed E-state index contributed by atoms with van der Waals surface area (Å²) in [4.78, 5) is 27.5. The van der Waals surface area contributed by atoms with Crippen molar-refractivity contribution < 1.29 is 19.4 Å². The second-order valence-electron chi connectivity index (χ2n) is 7.83. The first-order chi connectivity index (χ1) is 14.3. The van der Waals surface area contributed by atoms with Crippen molar-refractivity contribution in [1.82, 2.24) is 14.9 Å². The lowest BCUT2D eigenvalue weighted by Gasteiger charge is -2.22. The number of aliphatic hydroxyl groups is 2. The van der Waals surface area contributed by atoms with Crippen LogP contribution < -0.4 is 5.32 Å². The maximum Gasteiger partial charge on any atom is 0.272 e. The fourth-order valence-corrected chi connectivity index (χ4v) is 3.92. The molecule has 2 heterocycles. The normalized spacial score (nSPS) is 22.6. The maximum atomic E-state index is 13.6. The monoisotopic (exact) mass is 413 g/mol. The Morgan fingerprint density at radius 1 is 1.30 bits per heavy atom. The van der Waals surface area contributed by atoms with Crippen molar-refractivity contribution in [2.75, 3.05) is 12.4 Å². The molecule has 2 aromatic rings. The van der Waals surface area contributed by atoms with E-state index in [4.69, 9.17) is 0 Å². The summed E-state index contributed by atoms with van der Waals surface area (Å²) < 4.78 is 13.6. The number of rotatable bonds is 5. The van der Waals surface area contributed by atoms with Gasteiger partial charge in [0.2, 0.25) is 0 Å². The molecule has 0 saturated heterocycles. The van der Waals surface area contributed by atoms with Crippen LogP contribution in [-0.4, -0.2) is 62.0 Å². The number of anilines is 1. The van der Waals surface area contributed by atoms with Crippen molar-refractivity contribution in [3.63, 3.8) is 0 Å². The molecule has 1 saturated carbocycles. The molecule has 0 spiro atoms. The Morgan fingerprint density at radius 2 is 2.10 bits per heavy atom. The van der Waals surface area contributed by atoms with Gasteiger partial charge in [-0.2, -0.15) is 0 Å². The number of hydrogen-bond acceptors (Lipinski definition) is 7. The molecule has 1 fully saturated rings. The lowest BCUT2D eigenvalue weighted by Crippen LogP contribution is -2.36. The fourth-order valence-electron chi connectivity index (χ4n) is 3.92. The first-order valence-corrected chi connectivity index (χ1v) is 9.87. The first kappa shape index (κ1) is 20.4. The zero-order valence-corrected chi connectivity index (χ0v) is 16.8. The van der Waals surface area contributed by atoms with Crippen LogP contribution >= 0.6 is 0 Å². The predicted molar refractivity (Wildman–Crippen MR) is 109 cm³/mol. The van der Waals surface area contributed by atoms with Crippen molar-refractivity contribution in [2.24, 2.45) is 4.99 Å². The Balaban J connectivity index is 1.56. The average molecular weight is 413 g/mol. The van der Waals surface area contributed by atoms with Gasteiger partial charge in [-0.3, -0.25) is 9.79 Å². The highest BCUT2D eigenvalue weighted by Crippen LogP contribution is 2.28. The second kappa shape index (κ2) is 8.08. The predicted octanol–water partition coefficient (Wildman–Crippen LogP) is 1.18. The van der Waals surface area contributed by atoms with Crippen LogP contribution in [0.5, 0.6) is 0 Å². The van der Waals surface area contributed by atoms with Gasteiger partial charge in [0.25, 0.3) is 5.91 Å². The third kappa shape index (κ3) is 3.78. The van der Waals surface area contributed by atoms with Crippen LogP contribution in [0.1, 0.15) is 35.2 Å². The summed E-state index contributed by atoms with van der Waals surface area (Å²) >= 11 is 0. The molecule has 0 radical (unpaired) electrons. The van der Waals surface area contributed by atoms with E-state index in [0.717, 1.165) is 11.1 Å². The summed E-state index contributed by atoms with van der Waals surface area (Å²) in [5.41, 5.74) is 2.98. The molecule has 1 aliphatic heterocycles. The molecule has 4 rings (SSSR count). The van der Waals surface area contributed by atoms with E-state index >= 15 is 0 Å². The number of likely N-dealkylation sites (N-methyl/N-ethyl adjacent to an activating group) is 1. The van der Waals surface area contributed by atoms with Gasteiger partial charge in [-0.25, -0.2) is 14.4 Å². The Kier molecular flexibility index (Phi) is 5.48. The van der Waals surface area contributed by atoms with Crippen molar-refractivity contribution in [1.29, 1.82) is 0 Å². The van der Waals surface area contributed by atoms with Crippen LogP contribution in [0.15, 0.2) is 29.5 Å². The summed E-state index contributed by atoms with van der Waals surface area (Å²) in [5, 5.41) is 23.1. The van der Waals surface area contributed by atoms with Gasteiger partial charge in [0.1, 0.15) is 23.7 Å². The molecule has 2 aliphatic rings. The third-order valence-corrected chi connectivity index (χ3v) is 5.72. The minimum absolute atomic E-state index is 0.234. The van der Waals surface area contributed by atoms with Crippen molar-refractivity contribution in [3.8, 4) is 0 Å². The number of amides is 1. The minimum Gasteiger partial charge on any atom is -0.390 e. The fraction of sp³-hybridized carbons (Fsp3) is 0.429. The molecule has 0 unspecified atom stereocenters. The van der Waals surface area contributed by atoms with Gasteiger partial charge in [-0.15, -0.1) is 0 Å². The number of nitrogens with zero attached hydrogens (tertiary/aromatic N) is 4. The van der Waals surface area contributed by atoms with E-state index in [-0.39, 0.29) is 36.6 Å². The number of carbonyl (C=O) groups excluding carboxylic acids is 1. The van der Waals surface area contributed by atoms with E-state index in [1.807, 2.05) is 6.92 Å². The molecule has 0 bridgehead atoms. The average Bonchev–Trinajstić information content (AvgIpc) is 3.29. The number of hydrogen-bond donors (Lipinski definition) is 3. The summed E-state index contributed by atoms with van der Waals surface area (Å²) in [6, 6.07) is 4.12. The van der Waals surface area contributed by atoms with E-state index in [1.54, 1.807) is 13.1 Å². The lowest BCUT2D eigenvalue weighted by atomic mass is 10.1. The Bertz CT molecular complexity index is 1010. The highest BCUT2D eigenvalue weighted by molar-refractivity contribution is 6.47. The number of carbonyl (C=O) groups is 1. The minimum atomic E-state index is -0.910. The third-order valence-electron chi connectivity index (χ3n) is 5.72. The zero-order valence-electron chi connectivity index (χ0n) is 16.8. The number of fused-ring (bicyclic) bond motifs is 1. The zero-order chi connectivity index (χ0) is 21.4. The summed E-state index contributed by atoms with van der Waals surface area (Å²) in [6.45, 7) is 2.36. The molecule has 158 valence electrons. The molecule has 1 amide bonds. The molecule has 1 aromatic heterocycles. The van der Waals surface area contributed by atoms with Crippen LogP contribution in [0, 0.1) is 12.7 Å². The van der Waals surface area contributed by atoms with Crippen molar-refractivity contribution in [2.45, 2.75) is 51.1 Å². The van der Waals surface area contributed by atoms with Crippen LogP contribution in [0.3, 0.4) is 0 Å². The second-order valence-corrected chi connectivity index (χ2v) is 7.83. The van der Waals surface area contributed by atoms with Gasteiger partial charge in [-0.1, -0.05) is 6.07 Å². The SMILES string of the molecule is Cc1ccc(F)cc1CN(C)C(=O)C1=NCc2ncnc(N[C@@H]3CC[C@@H](O)[C@H]3O)c21. The van der Waals surface area contributed by atoms with Gasteiger partial charge in [-0.05, 0) is 43.0 Å². The molecule has 3 N–H and O–H groups in total. The molecule has 8 nitrogen and oxygen atoms in total. The van der Waals surface area contributed by atoms with Gasteiger partial charge in [0.15, 0.2) is 0 Å². The maximum absolute atomic E-state index is 13.6. The van der Waals surface area contributed by atoms with Crippen LogP contribution in [-0.2, 0) is 17.9 Å². The highest BCUT2D eigenvalue weighted by atomic mass is 19.1. The number of aryl methyl sites for hydroxylation is 1. The smallest absolute Gasteiger partial charge is 0.272 e. The van der Waals surface area contributed by atoms with Gasteiger partial charge in [0, 0.05) is 13.6 Å². The Morgan fingerprint density at radius 3 is 2.83 bits per heavy atom. The summed E-state index contributed by atoms with van der Waals surface area (Å²) in [5.74, 6) is -0.252. The molecule has 30 heavy (non-hydrogen) atoms. The van der Waals surface area contributed by atoms with E-state index < -0.39 is 12.2 Å². The molecule has 9 heteroatoms. The molecular formula is C21H24FN5O3. The largest absolute Gasteiger partial charge is 0.390 e. The first-order valence-electron chi connectivity index (χ1n) is 9.87. The van der Waals surface area contributed by atoms with Crippen molar-refractivity contribution >= 4 is 17.4 Å². The van der Waals surface area contributed by atoms with E-state index in [9.17, 15) is 19.4 Å². The number of aliphatic imine (C=N–C) groups is 1. The van der Waals surface area contributed by atoms with Crippen LogP contribution in [0.4, 0.5) is 10.2 Å². The molecule has 3 atom stereocenters. The highest BCUT2D eigenvalue weighted by Gasteiger charge is 2.36. The number of benzene rings is 1. The van der Waals surface area contributed by atoms with Crippen LogP contribution in [0.25, 0.3) is 0 Å². The van der Waals surface area contributed by atoms with Gasteiger partial charge in [0.05, 0.1) is 36.1 Å². The standard InChI is InChI=1S/C21H24FN5O3/c1-11-3-4-13(22)7-12(11)9-27(2)21(30)18-17-15(8-23-18)24-10-25-20(17)26-14-5-6-16(28)19(14)29/h3-4,7,10,14,16,19,28-29H,5-6,8-9H2,1-2H3,(H,24,25,26)/t14-,16-,19+/m1/s1. The van der Waals surface area contributed by atoms with E-state index in [1.165, 1.54) is 23.4 Å². The number of aliphatic hydroxyl groups excluding tert-OH is 2.